The van der Waals surface area contributed by atoms with Crippen LogP contribution in [0.15, 0.2) is 41.2 Å². The predicted octanol–water partition coefficient (Wildman–Crippen LogP) is 4.57. The number of hydrogen-bond acceptors (Lipinski definition) is 4. The van der Waals surface area contributed by atoms with Crippen molar-refractivity contribution in [2.24, 2.45) is 5.41 Å². The van der Waals surface area contributed by atoms with Crippen molar-refractivity contribution in [2.75, 3.05) is 7.11 Å². The number of aromatic amines is 1. The van der Waals surface area contributed by atoms with Crippen LogP contribution in [0.25, 0.3) is 17.1 Å². The van der Waals surface area contributed by atoms with E-state index in [1.54, 1.807) is 26.8 Å². The van der Waals surface area contributed by atoms with Crippen LogP contribution in [0.4, 0.5) is 13.2 Å². The number of methoxy groups -OCH3 is 1. The number of aromatic nitrogens is 3. The number of benzene rings is 2. The first-order valence-corrected chi connectivity index (χ1v) is 10.2. The summed E-state index contributed by atoms with van der Waals surface area (Å²) in [6.07, 6.45) is -4.49. The number of carbonyl (C=O) groups is 1. The smallest absolute Gasteiger partial charge is 0.416 e. The molecule has 0 aliphatic heterocycles. The zero-order valence-corrected chi connectivity index (χ0v) is 19.1. The third-order valence-corrected chi connectivity index (χ3v) is 5.12. The van der Waals surface area contributed by atoms with Crippen molar-refractivity contribution in [1.29, 1.82) is 0 Å². The van der Waals surface area contributed by atoms with Gasteiger partial charge in [0, 0.05) is 23.1 Å². The van der Waals surface area contributed by atoms with Gasteiger partial charge in [0.15, 0.2) is 5.82 Å². The second-order valence-electron chi connectivity index (χ2n) is 8.31. The number of halogens is 4. The van der Waals surface area contributed by atoms with Gasteiger partial charge in [0.2, 0.25) is 5.91 Å². The Labute approximate surface area is 192 Å². The molecular formula is C22H22ClF3N4O3. The molecule has 2 N–H and O–H groups in total. The third-order valence-electron chi connectivity index (χ3n) is 4.80. The summed E-state index contributed by atoms with van der Waals surface area (Å²) in [7, 11) is 1.46. The molecule has 0 radical (unpaired) electrons. The highest BCUT2D eigenvalue weighted by atomic mass is 35.5. The summed E-state index contributed by atoms with van der Waals surface area (Å²) >= 11 is 6.36. The molecular weight excluding hydrogens is 461 g/mol. The fraction of sp³-hybridized carbons (Fsp3) is 0.318. The van der Waals surface area contributed by atoms with Crippen molar-refractivity contribution < 1.29 is 22.7 Å². The van der Waals surface area contributed by atoms with Crippen LogP contribution in [0, 0.1) is 5.41 Å². The molecule has 7 nitrogen and oxygen atoms in total. The Morgan fingerprint density at radius 2 is 1.82 bits per heavy atom. The van der Waals surface area contributed by atoms with Crippen molar-refractivity contribution in [3.63, 3.8) is 0 Å². The van der Waals surface area contributed by atoms with Crippen LogP contribution in [0.2, 0.25) is 5.02 Å². The number of alkyl halides is 3. The summed E-state index contributed by atoms with van der Waals surface area (Å²) in [5, 5.41) is 7.24. The van der Waals surface area contributed by atoms with Gasteiger partial charge in [0.25, 0.3) is 0 Å². The predicted molar refractivity (Wildman–Crippen MR) is 117 cm³/mol. The monoisotopic (exact) mass is 482 g/mol. The first kappa shape index (κ1) is 24.4. The number of ether oxygens (including phenoxy) is 1. The highest BCUT2D eigenvalue weighted by Crippen LogP contribution is 2.33. The fourth-order valence-electron chi connectivity index (χ4n) is 2.96. The Morgan fingerprint density at radius 1 is 1.18 bits per heavy atom. The SMILES string of the molecule is COc1cc(Cl)c(-c2nn(-c3ccc(C(F)(F)F)cc3)c(=O)[nH]2)cc1CNC(=O)C(C)(C)C. The Kier molecular flexibility index (Phi) is 6.60. The first-order valence-electron chi connectivity index (χ1n) is 9.83. The highest BCUT2D eigenvalue weighted by Gasteiger charge is 2.30. The minimum absolute atomic E-state index is 0.107. The Balaban J connectivity index is 1.97. The quantitative estimate of drug-likeness (QED) is 0.557. The average Bonchev–Trinajstić information content (AvgIpc) is 3.12. The lowest BCUT2D eigenvalue weighted by atomic mass is 9.95. The number of rotatable bonds is 5. The molecule has 0 spiro atoms. The summed E-state index contributed by atoms with van der Waals surface area (Å²) in [6, 6.07) is 7.19. The summed E-state index contributed by atoms with van der Waals surface area (Å²) < 4.78 is 44.7. The Hall–Kier alpha value is -3.27. The topological polar surface area (TPSA) is 89.0 Å². The van der Waals surface area contributed by atoms with Gasteiger partial charge in [0.1, 0.15) is 5.75 Å². The number of H-pyrrole nitrogens is 1. The van der Waals surface area contributed by atoms with E-state index in [9.17, 15) is 22.8 Å². The molecule has 0 saturated carbocycles. The molecule has 33 heavy (non-hydrogen) atoms. The molecule has 0 aliphatic carbocycles. The molecule has 0 fully saturated rings. The lowest BCUT2D eigenvalue weighted by Gasteiger charge is -2.19. The second kappa shape index (κ2) is 8.93. The Bertz CT molecular complexity index is 1230. The molecule has 176 valence electrons. The molecule has 1 amide bonds. The highest BCUT2D eigenvalue weighted by molar-refractivity contribution is 6.33. The van der Waals surface area contributed by atoms with Crippen molar-refractivity contribution in [3.8, 4) is 22.8 Å². The van der Waals surface area contributed by atoms with Crippen LogP contribution in [-0.2, 0) is 17.5 Å². The van der Waals surface area contributed by atoms with E-state index < -0.39 is 22.8 Å². The minimum atomic E-state index is -4.49. The van der Waals surface area contributed by atoms with E-state index in [1.807, 2.05) is 0 Å². The largest absolute Gasteiger partial charge is 0.496 e. The van der Waals surface area contributed by atoms with E-state index in [2.05, 4.69) is 15.4 Å². The third kappa shape index (κ3) is 5.39. The van der Waals surface area contributed by atoms with Crippen molar-refractivity contribution in [2.45, 2.75) is 33.5 Å². The van der Waals surface area contributed by atoms with Crippen LogP contribution >= 0.6 is 11.6 Å². The lowest BCUT2D eigenvalue weighted by Crippen LogP contribution is -2.34. The van der Waals surface area contributed by atoms with Gasteiger partial charge in [-0.3, -0.25) is 9.78 Å². The fourth-order valence-corrected chi connectivity index (χ4v) is 3.21. The van der Waals surface area contributed by atoms with E-state index in [4.69, 9.17) is 16.3 Å². The number of hydrogen-bond donors (Lipinski definition) is 2. The summed E-state index contributed by atoms with van der Waals surface area (Å²) in [6.45, 7) is 5.50. The van der Waals surface area contributed by atoms with Gasteiger partial charge < -0.3 is 10.1 Å². The summed E-state index contributed by atoms with van der Waals surface area (Å²) in [5.41, 5.74) is -0.972. The van der Waals surface area contributed by atoms with E-state index in [1.165, 1.54) is 13.2 Å². The van der Waals surface area contributed by atoms with Gasteiger partial charge >= 0.3 is 11.9 Å². The maximum absolute atomic E-state index is 12.8. The molecule has 0 aliphatic rings. The minimum Gasteiger partial charge on any atom is -0.496 e. The van der Waals surface area contributed by atoms with Crippen LogP contribution in [0.5, 0.6) is 5.75 Å². The average molecular weight is 483 g/mol. The number of nitrogens with one attached hydrogen (secondary N) is 2. The summed E-state index contributed by atoms with van der Waals surface area (Å²) in [4.78, 5) is 27.2. The van der Waals surface area contributed by atoms with E-state index in [0.29, 0.717) is 16.9 Å². The molecule has 0 bridgehead atoms. The van der Waals surface area contributed by atoms with E-state index in [-0.39, 0.29) is 29.0 Å². The van der Waals surface area contributed by atoms with Crippen molar-refractivity contribution in [3.05, 3.63) is 63.0 Å². The molecule has 2 aromatic carbocycles. The maximum Gasteiger partial charge on any atom is 0.416 e. The number of amides is 1. The van der Waals surface area contributed by atoms with Crippen molar-refractivity contribution >= 4 is 17.5 Å². The van der Waals surface area contributed by atoms with Gasteiger partial charge in [-0.1, -0.05) is 32.4 Å². The van der Waals surface area contributed by atoms with Gasteiger partial charge in [-0.25, -0.2) is 4.79 Å². The van der Waals surface area contributed by atoms with Crippen LogP contribution in [-0.4, -0.2) is 27.8 Å². The molecule has 0 atom stereocenters. The number of carbonyl (C=O) groups excluding carboxylic acids is 1. The summed E-state index contributed by atoms with van der Waals surface area (Å²) in [5.74, 6) is 0.375. The zero-order chi connectivity index (χ0) is 24.6. The van der Waals surface area contributed by atoms with Crippen LogP contribution in [0.1, 0.15) is 31.9 Å². The molecule has 0 unspecified atom stereocenters. The van der Waals surface area contributed by atoms with Gasteiger partial charge in [-0.15, -0.1) is 5.10 Å². The van der Waals surface area contributed by atoms with E-state index in [0.717, 1.165) is 28.9 Å². The lowest BCUT2D eigenvalue weighted by molar-refractivity contribution is -0.137. The second-order valence-corrected chi connectivity index (χ2v) is 8.72. The molecule has 1 heterocycles. The van der Waals surface area contributed by atoms with Crippen LogP contribution in [0.3, 0.4) is 0 Å². The van der Waals surface area contributed by atoms with E-state index >= 15 is 0 Å². The standard InChI is InChI=1S/C22H22ClF3N4O3/c1-21(2,3)19(31)27-11-12-9-15(16(23)10-17(12)33-4)18-28-20(32)30(29-18)14-7-5-13(6-8-14)22(24,25)26/h5-10H,11H2,1-4H3,(H,27,31)(H,28,29,32). The molecule has 0 saturated heterocycles. The van der Waals surface area contributed by atoms with Crippen molar-refractivity contribution in [1.82, 2.24) is 20.1 Å². The van der Waals surface area contributed by atoms with Crippen LogP contribution < -0.4 is 15.7 Å². The molecule has 1 aromatic heterocycles. The molecule has 3 rings (SSSR count). The van der Waals surface area contributed by atoms with Gasteiger partial charge in [-0.2, -0.15) is 17.9 Å². The normalized spacial score (nSPS) is 12.0. The number of nitrogens with zero attached hydrogens (tertiary/aromatic N) is 2. The Morgan fingerprint density at radius 3 is 2.36 bits per heavy atom. The van der Waals surface area contributed by atoms with Gasteiger partial charge in [-0.05, 0) is 36.4 Å². The first-order chi connectivity index (χ1) is 15.3. The molecule has 3 aromatic rings. The molecule has 11 heteroatoms. The van der Waals surface area contributed by atoms with Gasteiger partial charge in [0.05, 0.1) is 23.4 Å². The maximum atomic E-state index is 12.8. The zero-order valence-electron chi connectivity index (χ0n) is 18.3.